The highest BCUT2D eigenvalue weighted by atomic mass is 19.4. The molecule has 2 aromatic rings. The summed E-state index contributed by atoms with van der Waals surface area (Å²) in [6.45, 7) is -0.454. The molecule has 0 saturated heterocycles. The smallest absolute Gasteiger partial charge is 0.416 e. The Morgan fingerprint density at radius 3 is 2.54 bits per heavy atom. The van der Waals surface area contributed by atoms with Crippen LogP contribution in [-0.2, 0) is 24.1 Å². The Morgan fingerprint density at radius 2 is 1.96 bits per heavy atom. The Morgan fingerprint density at radius 1 is 1.27 bits per heavy atom. The number of rotatable bonds is 6. The van der Waals surface area contributed by atoms with Crippen LogP contribution in [0.25, 0.3) is 0 Å². The van der Waals surface area contributed by atoms with E-state index in [2.05, 4.69) is 10.3 Å². The number of alkyl halides is 3. The first-order valence-electron chi connectivity index (χ1n) is 7.83. The van der Waals surface area contributed by atoms with Crippen LogP contribution in [0.1, 0.15) is 34.5 Å². The van der Waals surface area contributed by atoms with Crippen LogP contribution in [0.4, 0.5) is 13.2 Å². The molecule has 138 valence electrons. The average molecular weight is 368 g/mol. The summed E-state index contributed by atoms with van der Waals surface area (Å²) in [6, 6.07) is 5.02. The molecule has 1 N–H and O–H groups in total. The quantitative estimate of drug-likeness (QED) is 0.844. The van der Waals surface area contributed by atoms with Gasteiger partial charge in [-0.1, -0.05) is 23.4 Å². The van der Waals surface area contributed by atoms with Crippen LogP contribution in [-0.4, -0.2) is 42.9 Å². The number of aromatic nitrogens is 3. The first-order chi connectivity index (χ1) is 12.3. The Kier molecular flexibility index (Phi) is 4.66. The van der Waals surface area contributed by atoms with E-state index in [9.17, 15) is 22.8 Å². The van der Waals surface area contributed by atoms with Gasteiger partial charge in [0.25, 0.3) is 0 Å². The van der Waals surface area contributed by atoms with Gasteiger partial charge in [0.1, 0.15) is 6.54 Å². The summed E-state index contributed by atoms with van der Waals surface area (Å²) in [6.07, 6.45) is -1.96. The van der Waals surface area contributed by atoms with E-state index in [4.69, 9.17) is 5.11 Å². The van der Waals surface area contributed by atoms with Gasteiger partial charge in [0.05, 0.1) is 11.8 Å². The molecule has 10 heteroatoms. The zero-order valence-electron chi connectivity index (χ0n) is 13.5. The standard InChI is InChI=1S/C16H15F3N4O3/c17-16(18,19)12-4-2-1-3-10(12)7-23(11-5-6-11)14(24)9-22-8-13(15(25)26)20-21-22/h1-4,8,11H,5-7,9H2,(H,25,26). The minimum absolute atomic E-state index is 0.0186. The zero-order valence-corrected chi connectivity index (χ0v) is 13.5. The third-order valence-corrected chi connectivity index (χ3v) is 4.03. The van der Waals surface area contributed by atoms with Gasteiger partial charge in [-0.3, -0.25) is 4.79 Å². The fourth-order valence-electron chi connectivity index (χ4n) is 2.63. The van der Waals surface area contributed by atoms with Crippen molar-refractivity contribution in [3.05, 3.63) is 47.3 Å². The number of amides is 1. The number of aromatic carboxylic acids is 1. The second-order valence-electron chi connectivity index (χ2n) is 6.01. The zero-order chi connectivity index (χ0) is 18.9. The van der Waals surface area contributed by atoms with Gasteiger partial charge in [0.2, 0.25) is 5.91 Å². The van der Waals surface area contributed by atoms with Gasteiger partial charge in [0.15, 0.2) is 5.69 Å². The summed E-state index contributed by atoms with van der Waals surface area (Å²) in [5, 5.41) is 15.8. The van der Waals surface area contributed by atoms with Crippen molar-refractivity contribution in [3.63, 3.8) is 0 Å². The molecule has 3 rings (SSSR count). The number of benzene rings is 1. The third-order valence-electron chi connectivity index (χ3n) is 4.03. The monoisotopic (exact) mass is 368 g/mol. The number of carboxylic acid groups (broad SMARTS) is 1. The van der Waals surface area contributed by atoms with Crippen molar-refractivity contribution in [3.8, 4) is 0 Å². The number of carbonyl (C=O) groups is 2. The van der Waals surface area contributed by atoms with E-state index in [0.29, 0.717) is 0 Å². The fourth-order valence-corrected chi connectivity index (χ4v) is 2.63. The fraction of sp³-hybridized carbons (Fsp3) is 0.375. The number of nitrogens with zero attached hydrogens (tertiary/aromatic N) is 4. The predicted octanol–water partition coefficient (Wildman–Crippen LogP) is 2.19. The molecule has 0 aliphatic heterocycles. The normalized spacial score (nSPS) is 14.3. The van der Waals surface area contributed by atoms with Crippen LogP contribution in [0.5, 0.6) is 0 Å². The topological polar surface area (TPSA) is 88.3 Å². The van der Waals surface area contributed by atoms with Crippen molar-refractivity contribution in [1.82, 2.24) is 19.9 Å². The van der Waals surface area contributed by atoms with Crippen LogP contribution in [0.15, 0.2) is 30.5 Å². The van der Waals surface area contributed by atoms with E-state index < -0.39 is 23.6 Å². The molecule has 1 heterocycles. The number of hydrogen-bond donors (Lipinski definition) is 1. The number of carbonyl (C=O) groups excluding carboxylic acids is 1. The Labute approximate surface area is 146 Å². The second-order valence-corrected chi connectivity index (χ2v) is 6.01. The van der Waals surface area contributed by atoms with Crippen molar-refractivity contribution in [2.45, 2.75) is 38.1 Å². The first kappa shape index (κ1) is 17.9. The van der Waals surface area contributed by atoms with Crippen LogP contribution in [0.3, 0.4) is 0 Å². The van der Waals surface area contributed by atoms with E-state index in [-0.39, 0.29) is 30.4 Å². The van der Waals surface area contributed by atoms with Gasteiger partial charge in [0, 0.05) is 12.6 Å². The van der Waals surface area contributed by atoms with Crippen molar-refractivity contribution >= 4 is 11.9 Å². The maximum atomic E-state index is 13.2. The maximum absolute atomic E-state index is 13.2. The van der Waals surface area contributed by atoms with Gasteiger partial charge in [-0.2, -0.15) is 13.2 Å². The molecule has 0 spiro atoms. The molecule has 0 atom stereocenters. The summed E-state index contributed by atoms with van der Waals surface area (Å²) >= 11 is 0. The number of halogens is 3. The second kappa shape index (κ2) is 6.77. The highest BCUT2D eigenvalue weighted by Crippen LogP contribution is 2.34. The molecule has 26 heavy (non-hydrogen) atoms. The number of carboxylic acids is 1. The molecule has 1 aromatic heterocycles. The lowest BCUT2D eigenvalue weighted by atomic mass is 10.1. The average Bonchev–Trinajstić information content (AvgIpc) is 3.30. The molecule has 0 bridgehead atoms. The highest BCUT2D eigenvalue weighted by molar-refractivity contribution is 5.84. The minimum Gasteiger partial charge on any atom is -0.476 e. The van der Waals surface area contributed by atoms with E-state index in [1.165, 1.54) is 23.1 Å². The summed E-state index contributed by atoms with van der Waals surface area (Å²) in [7, 11) is 0. The minimum atomic E-state index is -4.50. The van der Waals surface area contributed by atoms with Crippen LogP contribution in [0.2, 0.25) is 0 Å². The molecule has 1 fully saturated rings. The van der Waals surface area contributed by atoms with Gasteiger partial charge >= 0.3 is 12.1 Å². The van der Waals surface area contributed by atoms with Gasteiger partial charge in [-0.25, -0.2) is 9.48 Å². The lowest BCUT2D eigenvalue weighted by Crippen LogP contribution is -2.36. The molecular weight excluding hydrogens is 353 g/mol. The molecule has 1 aromatic carbocycles. The number of hydrogen-bond acceptors (Lipinski definition) is 4. The Balaban J connectivity index is 1.78. The molecule has 1 aliphatic rings. The van der Waals surface area contributed by atoms with E-state index in [1.54, 1.807) is 0 Å². The van der Waals surface area contributed by atoms with Crippen LogP contribution < -0.4 is 0 Å². The SMILES string of the molecule is O=C(O)c1cn(CC(=O)N(Cc2ccccc2C(F)(F)F)C2CC2)nn1. The van der Waals surface area contributed by atoms with Crippen molar-refractivity contribution < 1.29 is 27.9 Å². The van der Waals surface area contributed by atoms with E-state index >= 15 is 0 Å². The lowest BCUT2D eigenvalue weighted by molar-refractivity contribution is -0.140. The summed E-state index contributed by atoms with van der Waals surface area (Å²) in [5.41, 5.74) is -1.06. The van der Waals surface area contributed by atoms with E-state index in [0.717, 1.165) is 29.8 Å². The summed E-state index contributed by atoms with van der Waals surface area (Å²) in [5.74, 6) is -1.71. The summed E-state index contributed by atoms with van der Waals surface area (Å²) < 4.78 is 40.5. The van der Waals surface area contributed by atoms with Crippen molar-refractivity contribution in [1.29, 1.82) is 0 Å². The maximum Gasteiger partial charge on any atom is 0.416 e. The molecular formula is C16H15F3N4O3. The van der Waals surface area contributed by atoms with E-state index in [1.807, 2.05) is 0 Å². The first-order valence-corrected chi connectivity index (χ1v) is 7.83. The van der Waals surface area contributed by atoms with Crippen molar-refractivity contribution in [2.24, 2.45) is 0 Å². The molecule has 1 aliphatic carbocycles. The Bertz CT molecular complexity index is 830. The molecule has 0 radical (unpaired) electrons. The third kappa shape index (κ3) is 4.01. The molecule has 1 amide bonds. The predicted molar refractivity (Wildman–Crippen MR) is 82.0 cm³/mol. The van der Waals surface area contributed by atoms with Crippen LogP contribution >= 0.6 is 0 Å². The Hall–Kier alpha value is -2.91. The van der Waals surface area contributed by atoms with Gasteiger partial charge < -0.3 is 10.0 Å². The molecule has 7 nitrogen and oxygen atoms in total. The molecule has 1 saturated carbocycles. The highest BCUT2D eigenvalue weighted by Gasteiger charge is 2.37. The summed E-state index contributed by atoms with van der Waals surface area (Å²) in [4.78, 5) is 24.7. The van der Waals surface area contributed by atoms with Crippen LogP contribution in [0, 0.1) is 0 Å². The van der Waals surface area contributed by atoms with Crippen molar-refractivity contribution in [2.75, 3.05) is 0 Å². The molecule has 0 unspecified atom stereocenters. The lowest BCUT2D eigenvalue weighted by Gasteiger charge is -2.24. The van der Waals surface area contributed by atoms with Gasteiger partial charge in [-0.05, 0) is 24.5 Å². The largest absolute Gasteiger partial charge is 0.476 e. The van der Waals surface area contributed by atoms with Gasteiger partial charge in [-0.15, -0.1) is 5.10 Å².